The second kappa shape index (κ2) is 8.76. The van der Waals surface area contributed by atoms with Crippen molar-refractivity contribution in [3.05, 3.63) is 77.6 Å². The fraction of sp³-hybridized carbons (Fsp3) is 0.0833. The number of nitrogens with two attached hydrogens (primary N) is 1. The van der Waals surface area contributed by atoms with Crippen molar-refractivity contribution in [1.29, 1.82) is 0 Å². The quantitative estimate of drug-likeness (QED) is 0.285. The summed E-state index contributed by atoms with van der Waals surface area (Å²) in [5.74, 6) is 1.61. The van der Waals surface area contributed by atoms with Crippen molar-refractivity contribution in [2.24, 2.45) is 0 Å². The summed E-state index contributed by atoms with van der Waals surface area (Å²) in [6.45, 7) is 0.502. The number of aromatic nitrogens is 5. The maximum absolute atomic E-state index is 6.52. The average Bonchev–Trinajstić information content (AvgIpc) is 3.33. The molecule has 164 valence electrons. The third-order valence-corrected chi connectivity index (χ3v) is 5.58. The normalized spacial score (nSPS) is 11.0. The van der Waals surface area contributed by atoms with E-state index in [1.165, 1.54) is 0 Å². The molecule has 3 aromatic heterocycles. The second-order valence-electron chi connectivity index (χ2n) is 7.47. The molecule has 9 heteroatoms. The first kappa shape index (κ1) is 20.7. The minimum absolute atomic E-state index is 0.313. The van der Waals surface area contributed by atoms with Gasteiger partial charge in [-0.15, -0.1) is 0 Å². The Labute approximate surface area is 195 Å². The first-order chi connectivity index (χ1) is 16.1. The van der Waals surface area contributed by atoms with Gasteiger partial charge in [0.2, 0.25) is 0 Å². The van der Waals surface area contributed by atoms with Gasteiger partial charge in [0.1, 0.15) is 5.82 Å². The lowest BCUT2D eigenvalue weighted by atomic mass is 10.0. The average molecular weight is 457 g/mol. The van der Waals surface area contributed by atoms with Crippen LogP contribution in [0.5, 0.6) is 0 Å². The number of rotatable bonds is 6. The van der Waals surface area contributed by atoms with Gasteiger partial charge in [0.15, 0.2) is 11.6 Å². The fourth-order valence-electron chi connectivity index (χ4n) is 3.59. The number of nitrogens with one attached hydrogen (secondary N) is 3. The summed E-state index contributed by atoms with van der Waals surface area (Å²) < 4.78 is 0. The van der Waals surface area contributed by atoms with Gasteiger partial charge in [-0.2, -0.15) is 5.10 Å². The lowest BCUT2D eigenvalue weighted by molar-refractivity contribution is 1.08. The Morgan fingerprint density at radius 1 is 0.970 bits per heavy atom. The Bertz CT molecular complexity index is 1410. The molecule has 5 N–H and O–H groups in total. The summed E-state index contributed by atoms with van der Waals surface area (Å²) >= 11 is 6.52. The van der Waals surface area contributed by atoms with E-state index in [0.717, 1.165) is 33.4 Å². The minimum Gasteiger partial charge on any atom is -0.381 e. The zero-order chi connectivity index (χ0) is 22.8. The van der Waals surface area contributed by atoms with Crippen LogP contribution in [0.25, 0.3) is 33.4 Å². The Kier molecular flexibility index (Phi) is 5.50. The van der Waals surface area contributed by atoms with Crippen LogP contribution in [0.15, 0.2) is 67.0 Å². The molecule has 2 aromatic carbocycles. The molecular weight excluding hydrogens is 436 g/mol. The van der Waals surface area contributed by atoms with E-state index in [9.17, 15) is 0 Å². The van der Waals surface area contributed by atoms with Crippen molar-refractivity contribution in [2.45, 2.75) is 6.54 Å². The van der Waals surface area contributed by atoms with Crippen molar-refractivity contribution in [3.63, 3.8) is 0 Å². The number of pyridine rings is 1. The Hall–Kier alpha value is -4.17. The first-order valence-corrected chi connectivity index (χ1v) is 10.7. The van der Waals surface area contributed by atoms with Gasteiger partial charge in [-0.3, -0.25) is 5.10 Å². The van der Waals surface area contributed by atoms with E-state index >= 15 is 0 Å². The smallest absolute Gasteiger partial charge is 0.169 e. The highest BCUT2D eigenvalue weighted by Gasteiger charge is 2.17. The largest absolute Gasteiger partial charge is 0.381 e. The van der Waals surface area contributed by atoms with Gasteiger partial charge in [-0.1, -0.05) is 48.0 Å². The number of fused-ring (bicyclic) bond motifs is 1. The summed E-state index contributed by atoms with van der Waals surface area (Å²) in [6.07, 6.45) is 3.53. The lowest BCUT2D eigenvalue weighted by Gasteiger charge is -2.15. The monoisotopic (exact) mass is 456 g/mol. The second-order valence-corrected chi connectivity index (χ2v) is 7.88. The van der Waals surface area contributed by atoms with Crippen LogP contribution in [0.4, 0.5) is 17.5 Å². The van der Waals surface area contributed by atoms with E-state index in [2.05, 4.69) is 25.8 Å². The van der Waals surface area contributed by atoms with Crippen LogP contribution in [0.1, 0.15) is 5.56 Å². The molecule has 0 bridgehead atoms. The Balaban J connectivity index is 1.58. The molecule has 0 unspecified atom stereocenters. The maximum atomic E-state index is 6.52. The number of benzene rings is 2. The molecule has 5 rings (SSSR count). The van der Waals surface area contributed by atoms with E-state index in [4.69, 9.17) is 27.3 Å². The molecule has 0 amide bonds. The van der Waals surface area contributed by atoms with Crippen molar-refractivity contribution >= 4 is 40.0 Å². The van der Waals surface area contributed by atoms with E-state index in [-0.39, 0.29) is 0 Å². The topological polar surface area (TPSA) is 117 Å². The van der Waals surface area contributed by atoms with Crippen LogP contribution in [-0.2, 0) is 6.54 Å². The SMILES string of the molecule is CNc1ccc(CNc2nc(-c3cc(Cl)c4[nH]ncc4c3)c(-c3ccccc3)nc2N)cn1. The van der Waals surface area contributed by atoms with Crippen LogP contribution in [0, 0.1) is 0 Å². The van der Waals surface area contributed by atoms with Gasteiger partial charge in [0, 0.05) is 36.3 Å². The van der Waals surface area contributed by atoms with Gasteiger partial charge in [0.25, 0.3) is 0 Å². The van der Waals surface area contributed by atoms with Gasteiger partial charge in [0.05, 0.1) is 28.1 Å². The fourth-order valence-corrected chi connectivity index (χ4v) is 3.86. The van der Waals surface area contributed by atoms with Gasteiger partial charge >= 0.3 is 0 Å². The van der Waals surface area contributed by atoms with Gasteiger partial charge in [-0.25, -0.2) is 15.0 Å². The van der Waals surface area contributed by atoms with Gasteiger partial charge < -0.3 is 16.4 Å². The zero-order valence-electron chi connectivity index (χ0n) is 17.8. The van der Waals surface area contributed by atoms with Crippen LogP contribution >= 0.6 is 11.6 Å². The molecule has 0 radical (unpaired) electrons. The molecule has 0 aliphatic heterocycles. The highest BCUT2D eigenvalue weighted by atomic mass is 35.5. The Morgan fingerprint density at radius 2 is 1.79 bits per heavy atom. The number of anilines is 3. The molecule has 0 atom stereocenters. The van der Waals surface area contributed by atoms with Crippen LogP contribution in [0.3, 0.4) is 0 Å². The molecule has 0 saturated carbocycles. The third-order valence-electron chi connectivity index (χ3n) is 5.29. The highest BCUT2D eigenvalue weighted by Crippen LogP contribution is 2.35. The minimum atomic E-state index is 0.313. The summed E-state index contributed by atoms with van der Waals surface area (Å²) in [5.41, 5.74) is 11.2. The summed E-state index contributed by atoms with van der Waals surface area (Å²) in [4.78, 5) is 13.9. The molecule has 0 spiro atoms. The predicted octanol–water partition coefficient (Wildman–Crippen LogP) is 4.97. The molecular formula is C24H21ClN8. The zero-order valence-corrected chi connectivity index (χ0v) is 18.6. The van der Waals surface area contributed by atoms with E-state index in [1.807, 2.05) is 61.6 Å². The van der Waals surface area contributed by atoms with E-state index in [1.54, 1.807) is 12.4 Å². The molecule has 0 saturated heterocycles. The van der Waals surface area contributed by atoms with Crippen LogP contribution < -0.4 is 16.4 Å². The number of hydrogen-bond acceptors (Lipinski definition) is 7. The van der Waals surface area contributed by atoms with E-state index < -0.39 is 0 Å². The van der Waals surface area contributed by atoms with E-state index in [0.29, 0.717) is 34.6 Å². The maximum Gasteiger partial charge on any atom is 0.169 e. The number of nitrogen functional groups attached to an aromatic ring is 1. The van der Waals surface area contributed by atoms with Crippen molar-refractivity contribution in [1.82, 2.24) is 25.1 Å². The molecule has 0 aliphatic rings. The molecule has 8 nitrogen and oxygen atoms in total. The summed E-state index contributed by atoms with van der Waals surface area (Å²) in [6, 6.07) is 17.6. The summed E-state index contributed by atoms with van der Waals surface area (Å²) in [5, 5.41) is 14.8. The van der Waals surface area contributed by atoms with Crippen LogP contribution in [0.2, 0.25) is 5.02 Å². The standard InChI is InChI=1S/C24H21ClN8/c1-27-19-8-7-14(11-28-19)12-29-24-23(26)31-21(15-5-3-2-4-6-15)22(32-24)16-9-17-13-30-33-20(17)18(25)10-16/h2-11,13H,12H2,1H3,(H2,26,31)(H,27,28)(H,29,32)(H,30,33). The highest BCUT2D eigenvalue weighted by molar-refractivity contribution is 6.35. The molecule has 0 aliphatic carbocycles. The van der Waals surface area contributed by atoms with Crippen LogP contribution in [-0.4, -0.2) is 32.2 Å². The molecule has 3 heterocycles. The number of nitrogens with zero attached hydrogens (tertiary/aromatic N) is 4. The number of H-pyrrole nitrogens is 1. The third kappa shape index (κ3) is 4.16. The first-order valence-electron chi connectivity index (χ1n) is 10.3. The van der Waals surface area contributed by atoms with Crippen molar-refractivity contribution in [2.75, 3.05) is 23.4 Å². The summed E-state index contributed by atoms with van der Waals surface area (Å²) in [7, 11) is 1.83. The lowest BCUT2D eigenvalue weighted by Crippen LogP contribution is -2.09. The number of hydrogen-bond donors (Lipinski definition) is 4. The number of aromatic amines is 1. The predicted molar refractivity (Wildman–Crippen MR) is 133 cm³/mol. The molecule has 0 fully saturated rings. The Morgan fingerprint density at radius 3 is 2.55 bits per heavy atom. The molecule has 33 heavy (non-hydrogen) atoms. The van der Waals surface area contributed by atoms with Crippen molar-refractivity contribution < 1.29 is 0 Å². The molecule has 5 aromatic rings. The van der Waals surface area contributed by atoms with Crippen molar-refractivity contribution in [3.8, 4) is 22.5 Å². The van der Waals surface area contributed by atoms with Gasteiger partial charge in [-0.05, 0) is 23.8 Å². The number of halogens is 1.